The molecule has 0 heterocycles. The molecule has 1 amide bonds. The summed E-state index contributed by atoms with van der Waals surface area (Å²) in [7, 11) is 2.88. The maximum atomic E-state index is 13.6. The van der Waals surface area contributed by atoms with Gasteiger partial charge in [-0.2, -0.15) is 0 Å². The molecular weight excluding hydrogens is 420 g/mol. The van der Waals surface area contributed by atoms with Crippen LogP contribution in [-0.4, -0.2) is 79.7 Å². The third kappa shape index (κ3) is 2.42. The number of aliphatic hydroxyl groups is 4. The van der Waals surface area contributed by atoms with Gasteiger partial charge in [-0.15, -0.1) is 0 Å². The van der Waals surface area contributed by atoms with Crippen LogP contribution < -0.4 is 5.73 Å². The number of benzene rings is 1. The first-order valence-electron chi connectivity index (χ1n) is 9.71. The number of ketones is 2. The lowest BCUT2D eigenvalue weighted by Gasteiger charge is -2.52. The first-order chi connectivity index (χ1) is 14.9. The van der Waals surface area contributed by atoms with E-state index in [1.54, 1.807) is 0 Å². The van der Waals surface area contributed by atoms with Crippen LogP contribution in [-0.2, 0) is 14.4 Å². The quantitative estimate of drug-likeness (QED) is 0.326. The van der Waals surface area contributed by atoms with Crippen molar-refractivity contribution in [2.75, 3.05) is 14.1 Å². The Kier molecular flexibility index (Phi) is 4.60. The molecule has 3 aliphatic carbocycles. The highest BCUT2D eigenvalue weighted by molar-refractivity contribution is 6.25. The Hall–Kier alpha value is -3.47. The number of phenols is 1. The standard InChI is InChI=1S/C22H22N2O8/c1-7-8-5-4-6-9(25)11(8)16(26)12-10(7)17(27)14-15(24(2)3)18(28)13(21(23)31)20(30)22(14,32)19(12)29/h4-6,10,14-15,17,25-27,30,32H,1H2,2-3H3,(H2,23,31)/t10-,14-,15+,17-,22-/m0/s1. The van der Waals surface area contributed by atoms with Crippen molar-refractivity contribution in [2.45, 2.75) is 17.7 Å². The number of amides is 1. The predicted molar refractivity (Wildman–Crippen MR) is 111 cm³/mol. The third-order valence-corrected chi connectivity index (χ3v) is 6.61. The van der Waals surface area contributed by atoms with Crippen molar-refractivity contribution in [1.29, 1.82) is 0 Å². The fourth-order valence-electron chi connectivity index (χ4n) is 5.21. The maximum Gasteiger partial charge on any atom is 0.255 e. The largest absolute Gasteiger partial charge is 0.508 e. The van der Waals surface area contributed by atoms with Crippen LogP contribution in [0.3, 0.4) is 0 Å². The molecule has 10 heteroatoms. The Labute approximate surface area is 182 Å². The lowest BCUT2D eigenvalue weighted by molar-refractivity contribution is -0.166. The van der Waals surface area contributed by atoms with Crippen molar-refractivity contribution in [3.8, 4) is 5.75 Å². The average Bonchev–Trinajstić information content (AvgIpc) is 2.70. The van der Waals surface area contributed by atoms with Crippen molar-refractivity contribution in [1.82, 2.24) is 4.90 Å². The highest BCUT2D eigenvalue weighted by Gasteiger charge is 2.68. The van der Waals surface area contributed by atoms with E-state index in [1.165, 1.54) is 37.2 Å². The minimum atomic E-state index is -2.94. The van der Waals surface area contributed by atoms with Gasteiger partial charge < -0.3 is 31.3 Å². The van der Waals surface area contributed by atoms with Crippen molar-refractivity contribution >= 4 is 28.8 Å². The van der Waals surface area contributed by atoms with E-state index in [0.717, 1.165) is 0 Å². The van der Waals surface area contributed by atoms with E-state index >= 15 is 0 Å². The molecule has 1 fully saturated rings. The molecule has 4 rings (SSSR count). The van der Waals surface area contributed by atoms with Gasteiger partial charge in [-0.25, -0.2) is 0 Å². The number of carbonyl (C=O) groups excluding carboxylic acids is 3. The summed E-state index contributed by atoms with van der Waals surface area (Å²) >= 11 is 0. The molecule has 32 heavy (non-hydrogen) atoms. The topological polar surface area (TPSA) is 182 Å². The molecular formula is C22H22N2O8. The minimum absolute atomic E-state index is 0.124. The molecule has 0 aromatic heterocycles. The van der Waals surface area contributed by atoms with Crippen LogP contribution >= 0.6 is 0 Å². The maximum absolute atomic E-state index is 13.6. The SMILES string of the molecule is C=C1c2cccc(O)c2C(O)=C2C(=O)[C@]3(O)C(O)=C(C(N)=O)C(=O)[C@H](N(C)C)[C@H]3[C@@H](O)[C@@H]12. The van der Waals surface area contributed by atoms with Gasteiger partial charge in [0.2, 0.25) is 5.78 Å². The van der Waals surface area contributed by atoms with Crippen LogP contribution in [0.25, 0.3) is 11.3 Å². The molecule has 0 bridgehead atoms. The Balaban J connectivity index is 2.08. The Bertz CT molecular complexity index is 1180. The van der Waals surface area contributed by atoms with Crippen molar-refractivity contribution in [3.05, 3.63) is 52.8 Å². The lowest BCUT2D eigenvalue weighted by atomic mass is 9.55. The molecule has 1 aromatic carbocycles. The van der Waals surface area contributed by atoms with Crippen LogP contribution in [0.4, 0.5) is 0 Å². The van der Waals surface area contributed by atoms with Crippen LogP contribution in [0.1, 0.15) is 11.1 Å². The van der Waals surface area contributed by atoms with Gasteiger partial charge >= 0.3 is 0 Å². The molecule has 0 spiro atoms. The molecule has 3 aliphatic rings. The zero-order valence-corrected chi connectivity index (χ0v) is 17.2. The van der Waals surface area contributed by atoms with Crippen LogP contribution in [0.2, 0.25) is 0 Å². The second kappa shape index (κ2) is 6.76. The molecule has 5 atom stereocenters. The predicted octanol–water partition coefficient (Wildman–Crippen LogP) is -0.594. The fraction of sp³-hybridized carbons (Fsp3) is 0.318. The van der Waals surface area contributed by atoms with E-state index in [9.17, 15) is 39.9 Å². The van der Waals surface area contributed by atoms with Crippen LogP contribution in [0.15, 0.2) is 41.7 Å². The Morgan fingerprint density at radius 2 is 1.81 bits per heavy atom. The van der Waals surface area contributed by atoms with Gasteiger partial charge in [0.15, 0.2) is 11.4 Å². The summed E-state index contributed by atoms with van der Waals surface area (Å²) in [6, 6.07) is 2.89. The van der Waals surface area contributed by atoms with Gasteiger partial charge in [-0.05, 0) is 31.3 Å². The van der Waals surface area contributed by atoms with Gasteiger partial charge in [-0.3, -0.25) is 19.3 Å². The lowest BCUT2D eigenvalue weighted by Crippen LogP contribution is -2.70. The molecule has 0 unspecified atom stereocenters. The summed E-state index contributed by atoms with van der Waals surface area (Å²) in [6.07, 6.45) is -1.69. The summed E-state index contributed by atoms with van der Waals surface area (Å²) in [4.78, 5) is 39.8. The van der Waals surface area contributed by atoms with Crippen molar-refractivity contribution in [2.24, 2.45) is 17.6 Å². The number of carbonyl (C=O) groups is 3. The molecule has 7 N–H and O–H groups in total. The molecule has 10 nitrogen and oxygen atoms in total. The van der Waals surface area contributed by atoms with E-state index in [2.05, 4.69) is 6.58 Å². The second-order valence-electron chi connectivity index (χ2n) is 8.44. The number of aromatic hydroxyl groups is 1. The number of phenolic OH excluding ortho intramolecular Hbond substituents is 1. The van der Waals surface area contributed by atoms with E-state index < -0.39 is 69.7 Å². The van der Waals surface area contributed by atoms with Crippen molar-refractivity contribution < 1.29 is 39.9 Å². The number of aliphatic hydroxyl groups excluding tert-OH is 3. The van der Waals surface area contributed by atoms with Gasteiger partial charge in [0.25, 0.3) is 5.91 Å². The third-order valence-electron chi connectivity index (χ3n) is 6.61. The van der Waals surface area contributed by atoms with Crippen molar-refractivity contribution in [3.63, 3.8) is 0 Å². The first kappa shape index (κ1) is 21.8. The number of Topliss-reactive ketones (excluding diaryl/α,β-unsaturated/α-hetero) is 2. The van der Waals surface area contributed by atoms with Crippen LogP contribution in [0.5, 0.6) is 5.75 Å². The number of nitrogens with zero attached hydrogens (tertiary/aromatic N) is 1. The summed E-state index contributed by atoms with van der Waals surface area (Å²) < 4.78 is 0. The highest BCUT2D eigenvalue weighted by Crippen LogP contribution is 2.55. The summed E-state index contributed by atoms with van der Waals surface area (Å²) in [6.45, 7) is 3.91. The molecule has 168 valence electrons. The molecule has 1 aromatic rings. The zero-order valence-electron chi connectivity index (χ0n) is 17.2. The monoisotopic (exact) mass is 442 g/mol. The van der Waals surface area contributed by atoms with Gasteiger partial charge in [0.1, 0.15) is 22.8 Å². The number of rotatable bonds is 2. The minimum Gasteiger partial charge on any atom is -0.508 e. The summed E-state index contributed by atoms with van der Waals surface area (Å²) in [5.74, 6) is -8.78. The van der Waals surface area contributed by atoms with E-state index in [1.807, 2.05) is 0 Å². The van der Waals surface area contributed by atoms with E-state index in [0.29, 0.717) is 0 Å². The Morgan fingerprint density at radius 1 is 1.19 bits per heavy atom. The van der Waals surface area contributed by atoms with Gasteiger partial charge in [-0.1, -0.05) is 18.7 Å². The van der Waals surface area contributed by atoms with Gasteiger partial charge in [0, 0.05) is 5.92 Å². The average molecular weight is 442 g/mol. The van der Waals surface area contributed by atoms with Gasteiger partial charge in [0.05, 0.1) is 29.2 Å². The number of hydrogen-bond acceptors (Lipinski definition) is 9. The normalized spacial score (nSPS) is 32.1. The van der Waals surface area contributed by atoms with E-state index in [-0.39, 0.29) is 22.4 Å². The number of hydrogen-bond donors (Lipinski definition) is 6. The molecule has 0 aliphatic heterocycles. The van der Waals surface area contributed by atoms with E-state index in [4.69, 9.17) is 5.73 Å². The summed E-state index contributed by atoms with van der Waals surface area (Å²) in [5.41, 5.74) is 1.16. The first-order valence-corrected chi connectivity index (χ1v) is 9.71. The molecule has 1 saturated carbocycles. The number of fused-ring (bicyclic) bond motifs is 3. The fourth-order valence-corrected chi connectivity index (χ4v) is 5.21. The van der Waals surface area contributed by atoms with Crippen LogP contribution in [0, 0.1) is 11.8 Å². The Morgan fingerprint density at radius 3 is 2.38 bits per heavy atom. The second-order valence-corrected chi connectivity index (χ2v) is 8.44. The smallest absolute Gasteiger partial charge is 0.255 e. The molecule has 0 saturated heterocycles. The number of primary amides is 1. The number of likely N-dealkylation sites (N-methyl/N-ethyl adjacent to an activating group) is 1. The summed E-state index contributed by atoms with van der Waals surface area (Å²) in [5, 5.41) is 54.7. The highest BCUT2D eigenvalue weighted by atomic mass is 16.4. The number of nitrogens with two attached hydrogens (primary N) is 1. The molecule has 0 radical (unpaired) electrons. The zero-order chi connectivity index (χ0) is 23.9.